The quantitative estimate of drug-likeness (QED) is 0.229. The van der Waals surface area contributed by atoms with Gasteiger partial charge < -0.3 is 14.5 Å². The maximum atomic E-state index is 6.43. The van der Waals surface area contributed by atoms with Gasteiger partial charge in [-0.3, -0.25) is 0 Å². The molecule has 0 amide bonds. The first-order valence-electron chi connectivity index (χ1n) is 14.8. The van der Waals surface area contributed by atoms with Crippen LogP contribution < -0.4 is 9.47 Å². The number of hydrogen-bond acceptors (Lipinski definition) is 3. The summed E-state index contributed by atoms with van der Waals surface area (Å²) in [6, 6.07) is 28.8. The highest BCUT2D eigenvalue weighted by molar-refractivity contribution is 6.24. The molecule has 0 unspecified atom stereocenters. The molecule has 5 nitrogen and oxygen atoms in total. The van der Waals surface area contributed by atoms with Crippen LogP contribution in [-0.2, 0) is 10.8 Å². The minimum atomic E-state index is 0.0794. The minimum absolute atomic E-state index is 0.0794. The highest BCUT2D eigenvalue weighted by Gasteiger charge is 2.25. The lowest BCUT2D eigenvalue weighted by atomic mass is 9.87. The molecule has 1 aromatic heterocycles. The zero-order chi connectivity index (χ0) is 30.5. The van der Waals surface area contributed by atoms with Crippen LogP contribution in [0.3, 0.4) is 0 Å². The van der Waals surface area contributed by atoms with Gasteiger partial charge in [-0.25, -0.2) is 9.98 Å². The fraction of sp³-hybridized carbons (Fsp3) is 0.263. The molecular formula is C38H39N3O2. The van der Waals surface area contributed by atoms with E-state index in [2.05, 4.69) is 89.8 Å². The molecule has 0 fully saturated rings. The van der Waals surface area contributed by atoms with E-state index in [0.717, 1.165) is 62.1 Å². The van der Waals surface area contributed by atoms with Gasteiger partial charge in [0.2, 0.25) is 0 Å². The van der Waals surface area contributed by atoms with Crippen LogP contribution in [0, 0.1) is 6.92 Å². The molecule has 0 bridgehead atoms. The molecule has 1 aliphatic rings. The number of amidine groups is 1. The van der Waals surface area contributed by atoms with Gasteiger partial charge in [0.25, 0.3) is 0 Å². The Balaban J connectivity index is 1.35. The maximum Gasteiger partial charge on any atom is 0.166 e. The van der Waals surface area contributed by atoms with Gasteiger partial charge in [0.05, 0.1) is 5.56 Å². The van der Waals surface area contributed by atoms with Crippen molar-refractivity contribution in [2.75, 3.05) is 0 Å². The Bertz CT molecular complexity index is 1880. The van der Waals surface area contributed by atoms with Gasteiger partial charge in [-0.1, -0.05) is 90.1 Å². The number of ether oxygens (including phenoxy) is 2. The zero-order valence-corrected chi connectivity index (χ0v) is 26.3. The average molecular weight is 570 g/mol. The van der Waals surface area contributed by atoms with Crippen molar-refractivity contribution in [1.29, 1.82) is 0 Å². The van der Waals surface area contributed by atoms with Gasteiger partial charge in [-0.2, -0.15) is 0 Å². The fourth-order valence-electron chi connectivity index (χ4n) is 5.51. The third-order valence-electron chi connectivity index (χ3n) is 7.99. The number of aromatic amines is 1. The molecule has 1 aliphatic heterocycles. The molecule has 4 aromatic carbocycles. The summed E-state index contributed by atoms with van der Waals surface area (Å²) in [6.45, 7) is 17.3. The number of nitrogens with zero attached hydrogens (tertiary/aromatic N) is 2. The number of fused-ring (bicyclic) bond motifs is 2. The smallest absolute Gasteiger partial charge is 0.166 e. The van der Waals surface area contributed by atoms with Crippen molar-refractivity contribution in [2.45, 2.75) is 66.2 Å². The summed E-state index contributed by atoms with van der Waals surface area (Å²) in [7, 11) is 0. The molecule has 0 atom stereocenters. The van der Waals surface area contributed by atoms with Crippen LogP contribution in [0.5, 0.6) is 23.0 Å². The third-order valence-corrected chi connectivity index (χ3v) is 7.99. The first kappa shape index (κ1) is 28.5. The standard InChI is InChI=1S/C38H39N3O2/c1-23-29-11-9-14-32(43-28-21-17-26(18-22-28)38(6,7)8)34(29)36(39-23)41-35-30-12-10-13-31(33(30)24(2)40-35)42-27-19-15-25(16-20-27)37(3,4)5/h9-22,40H,1-8H3. The largest absolute Gasteiger partial charge is 0.457 e. The van der Waals surface area contributed by atoms with Gasteiger partial charge in [-0.15, -0.1) is 0 Å². The summed E-state index contributed by atoms with van der Waals surface area (Å²) in [5.74, 6) is 4.47. The number of H-pyrrole nitrogens is 1. The Morgan fingerprint density at radius 3 is 1.77 bits per heavy atom. The van der Waals surface area contributed by atoms with Gasteiger partial charge >= 0.3 is 0 Å². The van der Waals surface area contributed by atoms with E-state index in [9.17, 15) is 0 Å². The van der Waals surface area contributed by atoms with Crippen molar-refractivity contribution in [3.8, 4) is 23.0 Å². The molecule has 0 aliphatic carbocycles. The highest BCUT2D eigenvalue weighted by atomic mass is 16.5. The number of aryl methyl sites for hydroxylation is 1. The average Bonchev–Trinajstić information content (AvgIpc) is 3.45. The lowest BCUT2D eigenvalue weighted by Crippen LogP contribution is -2.10. The molecule has 43 heavy (non-hydrogen) atoms. The fourth-order valence-corrected chi connectivity index (χ4v) is 5.51. The summed E-state index contributed by atoms with van der Waals surface area (Å²) < 4.78 is 12.8. The van der Waals surface area contributed by atoms with Gasteiger partial charge in [-0.05, 0) is 72.2 Å². The summed E-state index contributed by atoms with van der Waals surface area (Å²) >= 11 is 0. The van der Waals surface area contributed by atoms with Crippen molar-refractivity contribution >= 4 is 28.1 Å². The van der Waals surface area contributed by atoms with Crippen molar-refractivity contribution in [1.82, 2.24) is 4.98 Å². The Morgan fingerprint density at radius 1 is 0.651 bits per heavy atom. The second kappa shape index (κ2) is 10.6. The molecular weight excluding hydrogens is 530 g/mol. The van der Waals surface area contributed by atoms with Crippen LogP contribution in [0.15, 0.2) is 94.9 Å². The van der Waals surface area contributed by atoms with E-state index in [-0.39, 0.29) is 10.8 Å². The van der Waals surface area contributed by atoms with Gasteiger partial charge in [0.15, 0.2) is 5.84 Å². The van der Waals surface area contributed by atoms with Crippen molar-refractivity contribution in [3.63, 3.8) is 0 Å². The maximum absolute atomic E-state index is 6.43. The van der Waals surface area contributed by atoms with E-state index in [1.54, 1.807) is 0 Å². The molecule has 0 saturated heterocycles. The molecule has 218 valence electrons. The predicted octanol–water partition coefficient (Wildman–Crippen LogP) is 10.6. The zero-order valence-electron chi connectivity index (χ0n) is 26.3. The Labute approximate surface area is 254 Å². The Kier molecular flexibility index (Phi) is 7.00. The monoisotopic (exact) mass is 569 g/mol. The highest BCUT2D eigenvalue weighted by Crippen LogP contribution is 2.40. The summed E-state index contributed by atoms with van der Waals surface area (Å²) in [6.07, 6.45) is 0. The minimum Gasteiger partial charge on any atom is -0.457 e. The normalized spacial score (nSPS) is 14.2. The lowest BCUT2D eigenvalue weighted by Gasteiger charge is -2.19. The number of hydrogen-bond donors (Lipinski definition) is 1. The van der Waals surface area contributed by atoms with Gasteiger partial charge in [0.1, 0.15) is 28.8 Å². The molecule has 0 spiro atoms. The summed E-state index contributed by atoms with van der Waals surface area (Å²) in [4.78, 5) is 13.4. The van der Waals surface area contributed by atoms with E-state index in [0.29, 0.717) is 5.84 Å². The first-order chi connectivity index (χ1) is 20.4. The Morgan fingerprint density at radius 2 is 1.19 bits per heavy atom. The lowest BCUT2D eigenvalue weighted by molar-refractivity contribution is 0.480. The van der Waals surface area contributed by atoms with Crippen LogP contribution in [0.1, 0.15) is 76.4 Å². The molecule has 6 rings (SSSR count). The topological polar surface area (TPSA) is 59.0 Å². The predicted molar refractivity (Wildman–Crippen MR) is 178 cm³/mol. The first-order valence-corrected chi connectivity index (χ1v) is 14.8. The number of benzene rings is 4. The number of nitrogens with one attached hydrogen (secondary N) is 1. The van der Waals surface area contributed by atoms with E-state index < -0.39 is 0 Å². The number of rotatable bonds is 5. The van der Waals surface area contributed by atoms with Crippen molar-refractivity contribution in [2.24, 2.45) is 9.98 Å². The van der Waals surface area contributed by atoms with Crippen LogP contribution >= 0.6 is 0 Å². The molecule has 0 radical (unpaired) electrons. The third kappa shape index (κ3) is 5.60. The van der Waals surface area contributed by atoms with Crippen LogP contribution in [-0.4, -0.2) is 16.5 Å². The van der Waals surface area contributed by atoms with Gasteiger partial charge in [0, 0.05) is 27.7 Å². The van der Waals surface area contributed by atoms with Crippen LogP contribution in [0.25, 0.3) is 10.8 Å². The summed E-state index contributed by atoms with van der Waals surface area (Å²) in [5, 5.41) is 1.98. The second-order valence-corrected chi connectivity index (χ2v) is 13.3. The van der Waals surface area contributed by atoms with E-state index in [1.165, 1.54) is 11.1 Å². The molecule has 5 aromatic rings. The summed E-state index contributed by atoms with van der Waals surface area (Å²) in [5.41, 5.74) is 6.52. The SMILES string of the molecule is CC1=NC(=Nc2[nH]c(C)c3c(Oc4ccc(C(C)(C)C)cc4)cccc23)c2c(Oc3ccc(C(C)(C)C)cc3)cccc21. The van der Waals surface area contributed by atoms with E-state index in [4.69, 9.17) is 19.5 Å². The van der Waals surface area contributed by atoms with Crippen molar-refractivity contribution < 1.29 is 9.47 Å². The molecule has 2 heterocycles. The molecule has 0 saturated carbocycles. The van der Waals surface area contributed by atoms with Crippen molar-refractivity contribution in [3.05, 3.63) is 113 Å². The Hall–Kier alpha value is -4.64. The molecule has 5 heteroatoms. The number of aliphatic imine (C=N–C) groups is 2. The van der Waals surface area contributed by atoms with E-state index in [1.807, 2.05) is 55.5 Å². The number of aromatic nitrogens is 1. The van der Waals surface area contributed by atoms with E-state index >= 15 is 0 Å². The molecule has 1 N–H and O–H groups in total. The second-order valence-electron chi connectivity index (χ2n) is 13.3. The van der Waals surface area contributed by atoms with Crippen LogP contribution in [0.2, 0.25) is 0 Å². The van der Waals surface area contributed by atoms with Crippen LogP contribution in [0.4, 0.5) is 5.82 Å².